The van der Waals surface area contributed by atoms with E-state index in [1.165, 1.54) is 13.1 Å². The number of nitrogens with zero attached hydrogens (tertiary/aromatic N) is 2. The lowest BCUT2D eigenvalue weighted by Crippen LogP contribution is -2.42. The number of amides is 1. The second-order valence-corrected chi connectivity index (χ2v) is 4.10. The predicted octanol–water partition coefficient (Wildman–Crippen LogP) is -0.506. The molecule has 1 aromatic heterocycles. The van der Waals surface area contributed by atoms with E-state index in [1.807, 2.05) is 0 Å². The third kappa shape index (κ3) is 3.91. The van der Waals surface area contributed by atoms with Gasteiger partial charge in [0.1, 0.15) is 0 Å². The van der Waals surface area contributed by atoms with Crippen molar-refractivity contribution in [3.05, 3.63) is 11.9 Å². The largest absolute Gasteiger partial charge is 0.481 e. The minimum absolute atomic E-state index is 0.149. The zero-order valence-corrected chi connectivity index (χ0v) is 9.32. The Morgan fingerprint density at radius 3 is 2.81 bits per heavy atom. The average molecular weight is 245 g/mol. The Kier molecular flexibility index (Phi) is 3.91. The first-order valence-electron chi connectivity index (χ1n) is 4.41. The average Bonchev–Trinajstić information content (AvgIpc) is 2.64. The van der Waals surface area contributed by atoms with Gasteiger partial charge in [-0.3, -0.25) is 9.59 Å². The molecular weight excluding hydrogens is 234 g/mol. The van der Waals surface area contributed by atoms with Crippen LogP contribution in [-0.2, 0) is 4.79 Å². The molecule has 0 radical (unpaired) electrons. The minimum Gasteiger partial charge on any atom is -0.481 e. The monoisotopic (exact) mass is 245 g/mol. The van der Waals surface area contributed by atoms with E-state index in [4.69, 9.17) is 5.11 Å². The Balaban J connectivity index is 2.45. The molecule has 0 spiro atoms. The molecule has 16 heavy (non-hydrogen) atoms. The highest BCUT2D eigenvalue weighted by molar-refractivity contribution is 6.99. The van der Waals surface area contributed by atoms with Gasteiger partial charge in [0.15, 0.2) is 5.69 Å². The molecule has 1 rings (SSSR count). The molecule has 0 fully saturated rings. The van der Waals surface area contributed by atoms with Crippen LogP contribution in [0.15, 0.2) is 6.20 Å². The molecule has 0 aromatic carbocycles. The van der Waals surface area contributed by atoms with Gasteiger partial charge in [0.25, 0.3) is 5.91 Å². The number of hydrogen-bond acceptors (Lipinski definition) is 6. The van der Waals surface area contributed by atoms with Crippen molar-refractivity contribution in [2.45, 2.75) is 18.9 Å². The summed E-state index contributed by atoms with van der Waals surface area (Å²) in [5, 5.41) is 20.5. The van der Waals surface area contributed by atoms with Crippen LogP contribution in [0.25, 0.3) is 0 Å². The summed E-state index contributed by atoms with van der Waals surface area (Å²) in [5.41, 5.74) is -1.33. The van der Waals surface area contributed by atoms with E-state index in [0.29, 0.717) is 0 Å². The summed E-state index contributed by atoms with van der Waals surface area (Å²) in [6.07, 6.45) is 0.856. The lowest BCUT2D eigenvalue weighted by molar-refractivity contribution is -0.141. The summed E-state index contributed by atoms with van der Waals surface area (Å²) >= 11 is 0.894. The van der Waals surface area contributed by atoms with Crippen molar-refractivity contribution in [2.24, 2.45) is 0 Å². The summed E-state index contributed by atoms with van der Waals surface area (Å²) in [4.78, 5) is 21.8. The second kappa shape index (κ2) is 4.99. The number of nitrogens with one attached hydrogen (secondary N) is 1. The fourth-order valence-electron chi connectivity index (χ4n) is 1.01. The number of rotatable bonds is 5. The molecule has 1 amide bonds. The Morgan fingerprint density at radius 1 is 1.62 bits per heavy atom. The summed E-state index contributed by atoms with van der Waals surface area (Å²) < 4.78 is 7.35. The van der Waals surface area contributed by atoms with Gasteiger partial charge in [-0.2, -0.15) is 8.75 Å². The summed E-state index contributed by atoms with van der Waals surface area (Å²) in [5.74, 6) is -1.62. The molecule has 1 atom stereocenters. The highest BCUT2D eigenvalue weighted by atomic mass is 32.1. The van der Waals surface area contributed by atoms with Crippen LogP contribution in [0, 0.1) is 0 Å². The maximum Gasteiger partial charge on any atom is 0.306 e. The van der Waals surface area contributed by atoms with Crippen LogP contribution in [0.5, 0.6) is 0 Å². The maximum atomic E-state index is 11.4. The van der Waals surface area contributed by atoms with Crippen molar-refractivity contribution < 1.29 is 19.8 Å². The van der Waals surface area contributed by atoms with Crippen molar-refractivity contribution in [2.75, 3.05) is 6.54 Å². The van der Waals surface area contributed by atoms with E-state index in [-0.39, 0.29) is 12.2 Å². The zero-order chi connectivity index (χ0) is 12.2. The number of carbonyl (C=O) groups is 2. The van der Waals surface area contributed by atoms with Gasteiger partial charge in [0, 0.05) is 6.54 Å². The van der Waals surface area contributed by atoms with E-state index in [2.05, 4.69) is 14.1 Å². The Bertz CT molecular complexity index is 377. The fraction of sp³-hybridized carbons (Fsp3) is 0.500. The summed E-state index contributed by atoms with van der Waals surface area (Å²) in [7, 11) is 0. The van der Waals surface area contributed by atoms with E-state index in [1.54, 1.807) is 0 Å². The van der Waals surface area contributed by atoms with Gasteiger partial charge in [-0.15, -0.1) is 0 Å². The molecule has 0 aliphatic rings. The Morgan fingerprint density at radius 2 is 2.31 bits per heavy atom. The van der Waals surface area contributed by atoms with Gasteiger partial charge in [-0.05, 0) is 6.92 Å². The zero-order valence-electron chi connectivity index (χ0n) is 8.51. The van der Waals surface area contributed by atoms with Crippen molar-refractivity contribution in [3.63, 3.8) is 0 Å². The first-order chi connectivity index (χ1) is 7.41. The molecule has 88 valence electrons. The summed E-state index contributed by atoms with van der Waals surface area (Å²) in [6, 6.07) is 0. The second-order valence-electron chi connectivity index (χ2n) is 3.54. The minimum atomic E-state index is -1.48. The number of carboxylic acids is 1. The molecular formula is C8H11N3O4S. The molecule has 1 unspecified atom stereocenters. The van der Waals surface area contributed by atoms with E-state index < -0.39 is 23.9 Å². The molecule has 0 aliphatic carbocycles. The fourth-order valence-corrected chi connectivity index (χ4v) is 1.43. The van der Waals surface area contributed by atoms with Crippen molar-refractivity contribution >= 4 is 23.6 Å². The van der Waals surface area contributed by atoms with Gasteiger partial charge in [0.05, 0.1) is 29.9 Å². The van der Waals surface area contributed by atoms with Crippen molar-refractivity contribution in [3.8, 4) is 0 Å². The molecule has 0 saturated carbocycles. The molecule has 7 nitrogen and oxygen atoms in total. The highest BCUT2D eigenvalue weighted by Crippen LogP contribution is 2.07. The normalized spacial score (nSPS) is 14.1. The van der Waals surface area contributed by atoms with Crippen molar-refractivity contribution in [1.29, 1.82) is 0 Å². The first kappa shape index (κ1) is 12.5. The van der Waals surface area contributed by atoms with Gasteiger partial charge in [0.2, 0.25) is 0 Å². The quantitative estimate of drug-likeness (QED) is 0.644. The molecule has 1 heterocycles. The van der Waals surface area contributed by atoms with E-state index in [0.717, 1.165) is 11.7 Å². The molecule has 1 aromatic rings. The maximum absolute atomic E-state index is 11.4. The number of aliphatic carboxylic acids is 1. The van der Waals surface area contributed by atoms with E-state index in [9.17, 15) is 14.7 Å². The predicted molar refractivity (Wildman–Crippen MR) is 55.1 cm³/mol. The third-order valence-electron chi connectivity index (χ3n) is 1.76. The third-order valence-corrected chi connectivity index (χ3v) is 2.23. The summed E-state index contributed by atoms with van der Waals surface area (Å²) in [6.45, 7) is 1.18. The van der Waals surface area contributed by atoms with Crippen molar-refractivity contribution in [1.82, 2.24) is 14.1 Å². The van der Waals surface area contributed by atoms with Gasteiger partial charge >= 0.3 is 5.97 Å². The van der Waals surface area contributed by atoms with Crippen LogP contribution in [-0.4, -0.2) is 43.0 Å². The number of hydrogen-bond donors (Lipinski definition) is 3. The molecule has 3 N–H and O–H groups in total. The number of aromatic nitrogens is 2. The van der Waals surface area contributed by atoms with Crippen LogP contribution >= 0.6 is 11.7 Å². The van der Waals surface area contributed by atoms with E-state index >= 15 is 0 Å². The lowest BCUT2D eigenvalue weighted by Gasteiger charge is -2.20. The van der Waals surface area contributed by atoms with Gasteiger partial charge in [-0.1, -0.05) is 0 Å². The molecule has 0 bridgehead atoms. The molecule has 8 heteroatoms. The number of carboxylic acid groups (broad SMARTS) is 1. The first-order valence-corrected chi connectivity index (χ1v) is 5.14. The van der Waals surface area contributed by atoms with Gasteiger partial charge < -0.3 is 15.5 Å². The highest BCUT2D eigenvalue weighted by Gasteiger charge is 2.25. The lowest BCUT2D eigenvalue weighted by atomic mass is 10.0. The van der Waals surface area contributed by atoms with Gasteiger partial charge in [-0.25, -0.2) is 0 Å². The SMILES string of the molecule is CC(O)(CNC(=O)c1cnsn1)CC(=O)O. The Labute approximate surface area is 95.4 Å². The topological polar surface area (TPSA) is 112 Å². The van der Waals surface area contributed by atoms with Crippen LogP contribution in [0.2, 0.25) is 0 Å². The number of carbonyl (C=O) groups excluding carboxylic acids is 1. The molecule has 0 saturated heterocycles. The van der Waals surface area contributed by atoms with Crippen LogP contribution in [0.1, 0.15) is 23.8 Å². The number of aliphatic hydroxyl groups is 1. The van der Waals surface area contributed by atoms with Crippen LogP contribution in [0.4, 0.5) is 0 Å². The standard InChI is InChI=1S/C8H11N3O4S/c1-8(15,2-6(12)13)4-9-7(14)5-3-10-16-11-5/h3,15H,2,4H2,1H3,(H,9,14)(H,12,13). The Hall–Kier alpha value is -1.54. The molecule has 0 aliphatic heterocycles. The van der Waals surface area contributed by atoms with Crippen LogP contribution < -0.4 is 5.32 Å². The van der Waals surface area contributed by atoms with Crippen LogP contribution in [0.3, 0.4) is 0 Å². The smallest absolute Gasteiger partial charge is 0.306 e.